The van der Waals surface area contributed by atoms with Gasteiger partial charge in [0, 0.05) is 12.0 Å². The molecule has 1 aliphatic rings. The molecule has 146 valence electrons. The van der Waals surface area contributed by atoms with E-state index in [0.717, 1.165) is 22.3 Å². The lowest BCUT2D eigenvalue weighted by Crippen LogP contribution is -2.50. The van der Waals surface area contributed by atoms with E-state index < -0.39 is 17.3 Å². The molecule has 0 amide bonds. The van der Waals surface area contributed by atoms with E-state index in [1.165, 1.54) is 0 Å². The van der Waals surface area contributed by atoms with Gasteiger partial charge in [0.1, 0.15) is 5.92 Å². The van der Waals surface area contributed by atoms with Crippen LogP contribution < -0.4 is 0 Å². The molecule has 1 heterocycles. The van der Waals surface area contributed by atoms with Crippen molar-refractivity contribution in [2.75, 3.05) is 0 Å². The summed E-state index contributed by atoms with van der Waals surface area (Å²) in [6, 6.07) is 27.1. The van der Waals surface area contributed by atoms with Gasteiger partial charge in [-0.25, -0.2) is 4.89 Å². The fraction of sp³-hybridized carbons (Fsp3) is 0.240. The molecule has 4 rings (SSSR count). The van der Waals surface area contributed by atoms with Crippen molar-refractivity contribution in [3.05, 3.63) is 107 Å². The highest BCUT2D eigenvalue weighted by molar-refractivity contribution is 5.40. The molecule has 29 heavy (non-hydrogen) atoms. The van der Waals surface area contributed by atoms with Gasteiger partial charge in [0.15, 0.2) is 5.60 Å². The Morgan fingerprint density at radius 1 is 0.793 bits per heavy atom. The van der Waals surface area contributed by atoms with E-state index >= 15 is 0 Å². The average molecular weight is 385 g/mol. The van der Waals surface area contributed by atoms with E-state index in [0.29, 0.717) is 5.56 Å². The van der Waals surface area contributed by atoms with Crippen molar-refractivity contribution in [3.63, 3.8) is 0 Å². The first-order valence-corrected chi connectivity index (χ1v) is 9.66. The average Bonchev–Trinajstić information content (AvgIpc) is 2.76. The molecule has 0 aliphatic carbocycles. The Morgan fingerprint density at radius 2 is 1.31 bits per heavy atom. The maximum absolute atomic E-state index is 11.2. The highest BCUT2D eigenvalue weighted by Gasteiger charge is 2.54. The van der Waals surface area contributed by atoms with Gasteiger partial charge in [-0.3, -0.25) is 0 Å². The van der Waals surface area contributed by atoms with Crippen LogP contribution in [0, 0.1) is 31.1 Å². The topological polar surface area (TPSA) is 62.5 Å². The third kappa shape index (κ3) is 3.34. The van der Waals surface area contributed by atoms with Crippen molar-refractivity contribution in [3.8, 4) is 6.07 Å². The zero-order valence-electron chi connectivity index (χ0n) is 16.5. The second-order valence-corrected chi connectivity index (χ2v) is 7.67. The first kappa shape index (κ1) is 19.4. The molecule has 1 N–H and O–H groups in total. The lowest BCUT2D eigenvalue weighted by molar-refractivity contribution is -0.500. The Morgan fingerprint density at radius 3 is 1.79 bits per heavy atom. The molecular formula is C25H23NO3. The first-order chi connectivity index (χ1) is 14.0. The number of aliphatic hydroxyl groups is 1. The maximum Gasteiger partial charge on any atom is 0.241 e. The molecule has 1 aliphatic heterocycles. The number of hydrogen-bond acceptors (Lipinski definition) is 4. The minimum Gasteiger partial charge on any atom is -0.359 e. The second kappa shape index (κ2) is 7.46. The number of rotatable bonds is 3. The first-order valence-electron chi connectivity index (χ1n) is 9.66. The van der Waals surface area contributed by atoms with E-state index in [9.17, 15) is 10.4 Å². The highest BCUT2D eigenvalue weighted by Crippen LogP contribution is 2.50. The normalized spacial score (nSPS) is 23.3. The zero-order valence-corrected chi connectivity index (χ0v) is 16.5. The van der Waals surface area contributed by atoms with Crippen molar-refractivity contribution in [1.29, 1.82) is 5.26 Å². The molecular weight excluding hydrogens is 362 g/mol. The standard InChI is InChI=1S/C25H23NO3/c1-18-8-12-20(13-9-18)24(21-14-10-19(2)11-15-21)16-23(17-26)25(27,29-28-24)22-6-4-3-5-7-22/h3-15,23,27H,16H2,1-2H3. The van der Waals surface area contributed by atoms with E-state index in [4.69, 9.17) is 9.78 Å². The van der Waals surface area contributed by atoms with Gasteiger partial charge in [-0.2, -0.15) is 10.1 Å². The molecule has 4 heteroatoms. The number of aryl methyl sites for hydroxylation is 2. The Bertz CT molecular complexity index is 977. The molecule has 0 saturated carbocycles. The highest BCUT2D eigenvalue weighted by atomic mass is 17.2. The SMILES string of the molecule is Cc1ccc(C2(c3ccc(C)cc3)CC(C#N)C(O)(c3ccccc3)OO2)cc1. The fourth-order valence-electron chi connectivity index (χ4n) is 3.86. The molecule has 1 saturated heterocycles. The number of nitriles is 1. The van der Waals surface area contributed by atoms with Crippen molar-refractivity contribution >= 4 is 0 Å². The fourth-order valence-corrected chi connectivity index (χ4v) is 3.86. The van der Waals surface area contributed by atoms with Gasteiger partial charge in [0.05, 0.1) is 6.07 Å². The predicted molar refractivity (Wildman–Crippen MR) is 109 cm³/mol. The van der Waals surface area contributed by atoms with Gasteiger partial charge >= 0.3 is 0 Å². The van der Waals surface area contributed by atoms with E-state index in [1.54, 1.807) is 24.3 Å². The van der Waals surface area contributed by atoms with Crippen LogP contribution in [0.2, 0.25) is 0 Å². The monoisotopic (exact) mass is 385 g/mol. The Labute approximate surface area is 170 Å². The molecule has 3 aromatic rings. The third-order valence-electron chi connectivity index (χ3n) is 5.65. The number of benzene rings is 3. The summed E-state index contributed by atoms with van der Waals surface area (Å²) in [5.74, 6) is -2.67. The van der Waals surface area contributed by atoms with Crippen LogP contribution in [0.1, 0.15) is 34.2 Å². The Hall–Kier alpha value is -2.97. The minimum absolute atomic E-state index is 0.251. The molecule has 0 radical (unpaired) electrons. The lowest BCUT2D eigenvalue weighted by Gasteiger charge is -2.45. The summed E-state index contributed by atoms with van der Waals surface area (Å²) in [5.41, 5.74) is 3.50. The smallest absolute Gasteiger partial charge is 0.241 e. The van der Waals surface area contributed by atoms with Crippen LogP contribution in [0.4, 0.5) is 0 Å². The summed E-state index contributed by atoms with van der Waals surface area (Å²) >= 11 is 0. The molecule has 3 aromatic carbocycles. The van der Waals surface area contributed by atoms with Crippen LogP contribution in [-0.2, 0) is 21.2 Å². The summed E-state index contributed by atoms with van der Waals surface area (Å²) in [6.07, 6.45) is 0.251. The Kier molecular flexibility index (Phi) is 4.97. The minimum atomic E-state index is -1.84. The van der Waals surface area contributed by atoms with Crippen LogP contribution in [0.15, 0.2) is 78.9 Å². The molecule has 0 aromatic heterocycles. The zero-order chi connectivity index (χ0) is 20.5. The van der Waals surface area contributed by atoms with Gasteiger partial charge in [-0.1, -0.05) is 90.0 Å². The molecule has 2 unspecified atom stereocenters. The summed E-state index contributed by atoms with van der Waals surface area (Å²) in [7, 11) is 0. The number of nitrogens with zero attached hydrogens (tertiary/aromatic N) is 1. The van der Waals surface area contributed by atoms with Crippen LogP contribution in [0.25, 0.3) is 0 Å². The summed E-state index contributed by atoms with van der Waals surface area (Å²) in [6.45, 7) is 4.04. The predicted octanol–water partition coefficient (Wildman–Crippen LogP) is 4.88. The quantitative estimate of drug-likeness (QED) is 0.653. The third-order valence-corrected chi connectivity index (χ3v) is 5.65. The Balaban J connectivity index is 1.82. The maximum atomic E-state index is 11.2. The number of hydrogen-bond donors (Lipinski definition) is 1. The van der Waals surface area contributed by atoms with E-state index in [-0.39, 0.29) is 6.42 Å². The van der Waals surface area contributed by atoms with E-state index in [2.05, 4.69) is 6.07 Å². The van der Waals surface area contributed by atoms with Gasteiger partial charge in [-0.15, -0.1) is 0 Å². The summed E-state index contributed by atoms with van der Waals surface area (Å²) in [5, 5.41) is 21.2. The van der Waals surface area contributed by atoms with Crippen LogP contribution in [0.5, 0.6) is 0 Å². The van der Waals surface area contributed by atoms with Crippen molar-refractivity contribution < 1.29 is 14.9 Å². The van der Waals surface area contributed by atoms with Gasteiger partial charge in [-0.05, 0) is 25.0 Å². The van der Waals surface area contributed by atoms with Crippen molar-refractivity contribution in [2.45, 2.75) is 31.7 Å². The molecule has 0 bridgehead atoms. The molecule has 2 atom stereocenters. The summed E-state index contributed by atoms with van der Waals surface area (Å²) < 4.78 is 0. The van der Waals surface area contributed by atoms with Gasteiger partial charge in [0.2, 0.25) is 5.79 Å². The summed E-state index contributed by atoms with van der Waals surface area (Å²) in [4.78, 5) is 11.7. The molecule has 4 nitrogen and oxygen atoms in total. The molecule has 0 spiro atoms. The van der Waals surface area contributed by atoms with Crippen LogP contribution >= 0.6 is 0 Å². The lowest BCUT2D eigenvalue weighted by atomic mass is 9.75. The van der Waals surface area contributed by atoms with Crippen molar-refractivity contribution in [2.24, 2.45) is 5.92 Å². The largest absolute Gasteiger partial charge is 0.359 e. The van der Waals surface area contributed by atoms with Crippen LogP contribution in [-0.4, -0.2) is 5.11 Å². The van der Waals surface area contributed by atoms with Crippen molar-refractivity contribution in [1.82, 2.24) is 0 Å². The molecule has 1 fully saturated rings. The van der Waals surface area contributed by atoms with Crippen LogP contribution in [0.3, 0.4) is 0 Å². The van der Waals surface area contributed by atoms with Gasteiger partial charge in [0.25, 0.3) is 0 Å². The van der Waals surface area contributed by atoms with Gasteiger partial charge < -0.3 is 5.11 Å². The second-order valence-electron chi connectivity index (χ2n) is 7.67. The van der Waals surface area contributed by atoms with E-state index in [1.807, 2.05) is 68.4 Å².